The Labute approximate surface area is 181 Å². The molecule has 0 saturated heterocycles. The highest BCUT2D eigenvalue weighted by molar-refractivity contribution is 7.92. The number of aromatic hydroxyl groups is 1. The number of pyridine rings is 1. The summed E-state index contributed by atoms with van der Waals surface area (Å²) in [6.45, 7) is 0. The molecule has 0 aliphatic heterocycles. The predicted octanol–water partition coefficient (Wildman–Crippen LogP) is 4.43. The maximum absolute atomic E-state index is 12.5. The number of nitrogens with zero attached hydrogens (tertiary/aromatic N) is 3. The van der Waals surface area contributed by atoms with E-state index in [1.165, 1.54) is 29.7 Å². The largest absolute Gasteiger partial charge is 0.494 e. The number of fused-ring (bicyclic) bond motifs is 3. The summed E-state index contributed by atoms with van der Waals surface area (Å²) in [5.74, 6) is 0.241. The third-order valence-corrected chi connectivity index (χ3v) is 6.84. The fourth-order valence-electron chi connectivity index (χ4n) is 3.22. The Hall–Kier alpha value is -3.76. The molecule has 154 valence electrons. The van der Waals surface area contributed by atoms with Gasteiger partial charge < -0.3 is 10.1 Å². The van der Waals surface area contributed by atoms with E-state index in [1.807, 2.05) is 12.1 Å². The van der Waals surface area contributed by atoms with Crippen molar-refractivity contribution in [2.24, 2.45) is 4.99 Å². The van der Waals surface area contributed by atoms with Gasteiger partial charge in [-0.25, -0.2) is 18.4 Å². The molecule has 0 unspecified atom stereocenters. The minimum Gasteiger partial charge on any atom is -0.494 e. The number of thiazole rings is 1. The van der Waals surface area contributed by atoms with Crippen molar-refractivity contribution in [2.75, 3.05) is 4.72 Å². The molecule has 10 heteroatoms. The Morgan fingerprint density at radius 2 is 1.90 bits per heavy atom. The number of hydrogen-bond acceptors (Lipinski definition) is 7. The maximum atomic E-state index is 12.5. The smallest absolute Gasteiger partial charge is 0.263 e. The minimum absolute atomic E-state index is 0.00184. The molecule has 0 aliphatic rings. The Kier molecular flexibility index (Phi) is 4.64. The Balaban J connectivity index is 1.44. The average molecular weight is 450 g/mol. The van der Waals surface area contributed by atoms with E-state index < -0.39 is 10.0 Å². The minimum atomic E-state index is -3.76. The predicted molar refractivity (Wildman–Crippen MR) is 122 cm³/mol. The van der Waals surface area contributed by atoms with E-state index in [9.17, 15) is 13.5 Å². The van der Waals surface area contributed by atoms with E-state index in [0.29, 0.717) is 11.3 Å². The van der Waals surface area contributed by atoms with Crippen LogP contribution in [0.2, 0.25) is 0 Å². The fourth-order valence-corrected chi connectivity index (χ4v) is 4.91. The molecule has 3 aromatic heterocycles. The molecular weight excluding hydrogens is 434 g/mol. The van der Waals surface area contributed by atoms with Crippen LogP contribution in [0.5, 0.6) is 5.88 Å². The van der Waals surface area contributed by atoms with E-state index in [0.717, 1.165) is 21.1 Å². The summed E-state index contributed by atoms with van der Waals surface area (Å²) in [5, 5.41) is 11.1. The molecule has 2 aromatic carbocycles. The zero-order chi connectivity index (χ0) is 21.4. The number of nitrogens with one attached hydrogen (secondary N) is 2. The van der Waals surface area contributed by atoms with Crippen molar-refractivity contribution in [1.29, 1.82) is 0 Å². The number of H-pyrrole nitrogens is 1. The lowest BCUT2D eigenvalue weighted by Crippen LogP contribution is -2.13. The van der Waals surface area contributed by atoms with Gasteiger partial charge in [0.1, 0.15) is 5.82 Å². The van der Waals surface area contributed by atoms with Crippen LogP contribution in [0.4, 0.5) is 11.5 Å². The lowest BCUT2D eigenvalue weighted by molar-refractivity contribution is 0.457. The van der Waals surface area contributed by atoms with Crippen LogP contribution in [0.1, 0.15) is 5.56 Å². The van der Waals surface area contributed by atoms with Crippen molar-refractivity contribution < 1.29 is 13.5 Å². The van der Waals surface area contributed by atoms with E-state index in [2.05, 4.69) is 24.7 Å². The summed E-state index contributed by atoms with van der Waals surface area (Å²) in [5.41, 5.74) is 4.38. The van der Waals surface area contributed by atoms with E-state index >= 15 is 0 Å². The number of aliphatic imine (C=N–C) groups is 1. The summed E-state index contributed by atoms with van der Waals surface area (Å²) in [6, 6.07) is 14.9. The molecule has 31 heavy (non-hydrogen) atoms. The van der Waals surface area contributed by atoms with Gasteiger partial charge >= 0.3 is 0 Å². The molecular formula is C21H15N5O3S2. The SMILES string of the molecule is O=S(=O)(Nc1ccccn1)c1ccc(N=Cc2c(O)[nH]c3ccc4scnc4c23)cc1. The maximum Gasteiger partial charge on any atom is 0.263 e. The topological polar surface area (TPSA) is 120 Å². The molecule has 5 aromatic rings. The van der Waals surface area contributed by atoms with Crippen LogP contribution in [0.15, 0.2) is 76.2 Å². The molecule has 0 radical (unpaired) electrons. The lowest BCUT2D eigenvalue weighted by atomic mass is 10.1. The van der Waals surface area contributed by atoms with Crippen LogP contribution in [-0.4, -0.2) is 34.7 Å². The van der Waals surface area contributed by atoms with Gasteiger partial charge in [-0.2, -0.15) is 0 Å². The van der Waals surface area contributed by atoms with Crippen LogP contribution in [0, 0.1) is 0 Å². The van der Waals surface area contributed by atoms with Crippen molar-refractivity contribution in [2.45, 2.75) is 4.90 Å². The monoisotopic (exact) mass is 449 g/mol. The number of sulfonamides is 1. The molecule has 0 aliphatic carbocycles. The Morgan fingerprint density at radius 3 is 2.68 bits per heavy atom. The third-order valence-electron chi connectivity index (χ3n) is 4.67. The molecule has 0 saturated carbocycles. The van der Waals surface area contributed by atoms with Crippen LogP contribution in [-0.2, 0) is 10.0 Å². The first-order valence-corrected chi connectivity index (χ1v) is 11.5. The van der Waals surface area contributed by atoms with Crippen molar-refractivity contribution in [1.82, 2.24) is 15.0 Å². The van der Waals surface area contributed by atoms with Crippen LogP contribution < -0.4 is 4.72 Å². The van der Waals surface area contributed by atoms with Gasteiger partial charge in [0, 0.05) is 17.8 Å². The first-order chi connectivity index (χ1) is 15.0. The number of aromatic amines is 1. The van der Waals surface area contributed by atoms with E-state index in [1.54, 1.807) is 42.1 Å². The van der Waals surface area contributed by atoms with Crippen LogP contribution in [0.3, 0.4) is 0 Å². The van der Waals surface area contributed by atoms with Gasteiger partial charge in [0.2, 0.25) is 0 Å². The molecule has 0 fully saturated rings. The van der Waals surface area contributed by atoms with Gasteiger partial charge in [-0.05, 0) is 48.5 Å². The molecule has 0 spiro atoms. The third kappa shape index (κ3) is 3.62. The number of hydrogen-bond donors (Lipinski definition) is 3. The molecule has 0 amide bonds. The molecule has 3 N–H and O–H groups in total. The normalized spacial score (nSPS) is 12.1. The van der Waals surface area contributed by atoms with Gasteiger partial charge in [-0.3, -0.25) is 9.71 Å². The zero-order valence-corrected chi connectivity index (χ0v) is 17.5. The molecule has 3 heterocycles. The number of benzene rings is 2. The summed E-state index contributed by atoms with van der Waals surface area (Å²) in [6.07, 6.45) is 3.05. The van der Waals surface area contributed by atoms with Gasteiger partial charge in [0.05, 0.1) is 37.4 Å². The van der Waals surface area contributed by atoms with E-state index in [4.69, 9.17) is 0 Å². The Morgan fingerprint density at radius 1 is 1.06 bits per heavy atom. The zero-order valence-electron chi connectivity index (χ0n) is 15.9. The first kappa shape index (κ1) is 19.2. The van der Waals surface area contributed by atoms with E-state index in [-0.39, 0.29) is 16.6 Å². The van der Waals surface area contributed by atoms with Crippen molar-refractivity contribution in [3.63, 3.8) is 0 Å². The number of rotatable bonds is 5. The summed E-state index contributed by atoms with van der Waals surface area (Å²) >= 11 is 1.52. The van der Waals surface area contributed by atoms with Crippen molar-refractivity contribution in [3.8, 4) is 5.88 Å². The standard InChI is InChI=1S/C21H15N5O3S2/c27-21-15(19-16(25-21)8-9-17-20(19)24-12-30-17)11-23-13-4-6-14(7-5-13)31(28,29)26-18-3-1-2-10-22-18/h1-12,25,27H,(H,22,26). The van der Waals surface area contributed by atoms with Gasteiger partial charge in [-0.15, -0.1) is 11.3 Å². The average Bonchev–Trinajstić information content (AvgIpc) is 3.36. The highest BCUT2D eigenvalue weighted by Crippen LogP contribution is 2.33. The van der Waals surface area contributed by atoms with Gasteiger partial charge in [0.15, 0.2) is 5.88 Å². The number of aromatic nitrogens is 3. The highest BCUT2D eigenvalue weighted by Gasteiger charge is 2.15. The van der Waals surface area contributed by atoms with Crippen molar-refractivity contribution >= 4 is 60.2 Å². The highest BCUT2D eigenvalue weighted by atomic mass is 32.2. The quantitative estimate of drug-likeness (QED) is 0.343. The van der Waals surface area contributed by atoms with Crippen LogP contribution in [0.25, 0.3) is 21.1 Å². The van der Waals surface area contributed by atoms with Gasteiger partial charge in [0.25, 0.3) is 10.0 Å². The second-order valence-electron chi connectivity index (χ2n) is 6.65. The molecule has 0 atom stereocenters. The lowest BCUT2D eigenvalue weighted by Gasteiger charge is -2.07. The Bertz CT molecular complexity index is 1520. The number of anilines is 1. The van der Waals surface area contributed by atoms with Crippen LogP contribution >= 0.6 is 11.3 Å². The van der Waals surface area contributed by atoms with Gasteiger partial charge in [-0.1, -0.05) is 6.07 Å². The second kappa shape index (κ2) is 7.49. The second-order valence-corrected chi connectivity index (χ2v) is 9.22. The molecule has 0 bridgehead atoms. The summed E-state index contributed by atoms with van der Waals surface area (Å²) in [4.78, 5) is 15.8. The molecule has 5 rings (SSSR count). The summed E-state index contributed by atoms with van der Waals surface area (Å²) in [7, 11) is -3.76. The fraction of sp³-hybridized carbons (Fsp3) is 0. The van der Waals surface area contributed by atoms with Crippen molar-refractivity contribution in [3.05, 3.63) is 71.9 Å². The first-order valence-electron chi connectivity index (χ1n) is 9.16. The molecule has 8 nitrogen and oxygen atoms in total. The summed E-state index contributed by atoms with van der Waals surface area (Å²) < 4.78 is 28.5.